The minimum atomic E-state index is -0.641. The lowest BCUT2D eigenvalue weighted by Gasteiger charge is -2.20. The molecular formula is C12H26N4O2. The quantitative estimate of drug-likeness (QED) is 0.414. The van der Waals surface area contributed by atoms with E-state index in [9.17, 15) is 9.59 Å². The third-order valence-electron chi connectivity index (χ3n) is 2.67. The summed E-state index contributed by atoms with van der Waals surface area (Å²) in [6, 6.07) is -1.25. The minimum Gasteiger partial charge on any atom is -0.368 e. The smallest absolute Gasteiger partial charge is 0.240 e. The van der Waals surface area contributed by atoms with Gasteiger partial charge in [0.1, 0.15) is 6.04 Å². The van der Waals surface area contributed by atoms with E-state index in [-0.39, 0.29) is 11.8 Å². The number of carbonyl (C=O) groups excluding carboxylic acids is 2. The number of rotatable bonds is 9. The van der Waals surface area contributed by atoms with Crippen molar-refractivity contribution in [1.82, 2.24) is 5.32 Å². The molecule has 0 heterocycles. The first-order valence-electron chi connectivity index (χ1n) is 6.43. The van der Waals surface area contributed by atoms with E-state index in [4.69, 9.17) is 17.2 Å². The van der Waals surface area contributed by atoms with Crippen LogP contribution >= 0.6 is 0 Å². The molecule has 0 radical (unpaired) electrons. The molecule has 2 amide bonds. The first-order chi connectivity index (χ1) is 8.38. The second kappa shape index (κ2) is 8.88. The highest BCUT2D eigenvalue weighted by Crippen LogP contribution is 2.05. The van der Waals surface area contributed by atoms with E-state index in [0.717, 1.165) is 12.8 Å². The van der Waals surface area contributed by atoms with E-state index in [2.05, 4.69) is 5.32 Å². The van der Waals surface area contributed by atoms with Gasteiger partial charge in [-0.25, -0.2) is 0 Å². The van der Waals surface area contributed by atoms with Crippen molar-refractivity contribution in [3.63, 3.8) is 0 Å². The van der Waals surface area contributed by atoms with Gasteiger partial charge in [-0.1, -0.05) is 20.3 Å². The molecule has 0 aliphatic carbocycles. The molecule has 0 unspecified atom stereocenters. The van der Waals surface area contributed by atoms with Crippen LogP contribution < -0.4 is 22.5 Å². The van der Waals surface area contributed by atoms with Crippen molar-refractivity contribution in [2.24, 2.45) is 23.1 Å². The standard InChI is InChI=1S/C12H26N4O2/c1-8(2)7-10(11(15)17)16-12(18)9(14)5-3-4-6-13/h8-10H,3-7,13-14H2,1-2H3,(H2,15,17)(H,16,18)/t9-,10+/m0/s1. The highest BCUT2D eigenvalue weighted by atomic mass is 16.2. The molecule has 0 saturated carbocycles. The third kappa shape index (κ3) is 7.24. The molecule has 6 nitrogen and oxygen atoms in total. The van der Waals surface area contributed by atoms with Crippen molar-refractivity contribution in [2.45, 2.75) is 51.6 Å². The van der Waals surface area contributed by atoms with Crippen molar-refractivity contribution in [3.05, 3.63) is 0 Å². The normalized spacial score (nSPS) is 14.3. The van der Waals surface area contributed by atoms with Crippen LogP contribution in [0.25, 0.3) is 0 Å². The lowest BCUT2D eigenvalue weighted by atomic mass is 10.0. The molecule has 0 aromatic carbocycles. The third-order valence-corrected chi connectivity index (χ3v) is 2.67. The van der Waals surface area contributed by atoms with Crippen LogP contribution in [0.3, 0.4) is 0 Å². The topological polar surface area (TPSA) is 124 Å². The van der Waals surface area contributed by atoms with Gasteiger partial charge in [0.15, 0.2) is 0 Å². The van der Waals surface area contributed by atoms with Gasteiger partial charge < -0.3 is 22.5 Å². The maximum Gasteiger partial charge on any atom is 0.240 e. The Hall–Kier alpha value is -1.14. The maximum absolute atomic E-state index is 11.8. The fraction of sp³-hybridized carbons (Fsp3) is 0.833. The van der Waals surface area contributed by atoms with Crippen molar-refractivity contribution < 1.29 is 9.59 Å². The monoisotopic (exact) mass is 258 g/mol. The van der Waals surface area contributed by atoms with Crippen LogP contribution in [0.1, 0.15) is 39.5 Å². The molecule has 0 fully saturated rings. The van der Waals surface area contributed by atoms with Crippen LogP contribution in [0, 0.1) is 5.92 Å². The van der Waals surface area contributed by atoms with Gasteiger partial charge in [0, 0.05) is 0 Å². The summed E-state index contributed by atoms with van der Waals surface area (Å²) in [5, 5.41) is 2.60. The van der Waals surface area contributed by atoms with Crippen LogP contribution in [0.2, 0.25) is 0 Å². The lowest BCUT2D eigenvalue weighted by molar-refractivity contribution is -0.128. The SMILES string of the molecule is CC(C)C[C@@H](NC(=O)[C@@H](N)CCCCN)C(N)=O. The number of hydrogen-bond acceptors (Lipinski definition) is 4. The lowest BCUT2D eigenvalue weighted by Crippen LogP contribution is -2.50. The van der Waals surface area contributed by atoms with Gasteiger partial charge in [0.05, 0.1) is 6.04 Å². The zero-order chi connectivity index (χ0) is 14.1. The first kappa shape index (κ1) is 16.9. The van der Waals surface area contributed by atoms with Crippen LogP contribution in [0.5, 0.6) is 0 Å². The predicted molar refractivity (Wildman–Crippen MR) is 71.5 cm³/mol. The molecule has 7 N–H and O–H groups in total. The number of primary amides is 1. The van der Waals surface area contributed by atoms with Gasteiger partial charge in [-0.2, -0.15) is 0 Å². The molecule has 0 aromatic rings. The summed E-state index contributed by atoms with van der Waals surface area (Å²) in [6.45, 7) is 4.51. The van der Waals surface area contributed by atoms with Crippen LogP contribution in [-0.4, -0.2) is 30.4 Å². The van der Waals surface area contributed by atoms with Gasteiger partial charge >= 0.3 is 0 Å². The molecule has 0 aromatic heterocycles. The summed E-state index contributed by atoms with van der Waals surface area (Å²) in [4.78, 5) is 23.0. The van der Waals surface area contributed by atoms with Crippen LogP contribution in [0.15, 0.2) is 0 Å². The number of nitrogens with two attached hydrogens (primary N) is 3. The fourth-order valence-electron chi connectivity index (χ4n) is 1.64. The second-order valence-electron chi connectivity index (χ2n) is 4.98. The fourth-order valence-corrected chi connectivity index (χ4v) is 1.64. The average molecular weight is 258 g/mol. The van der Waals surface area contributed by atoms with Gasteiger partial charge in [-0.15, -0.1) is 0 Å². The molecule has 18 heavy (non-hydrogen) atoms. The summed E-state index contributed by atoms with van der Waals surface area (Å²) in [5.41, 5.74) is 16.3. The molecule has 6 heteroatoms. The largest absolute Gasteiger partial charge is 0.368 e. The Morgan fingerprint density at radius 1 is 1.22 bits per heavy atom. The molecule has 0 bridgehead atoms. The number of nitrogens with one attached hydrogen (secondary N) is 1. The highest BCUT2D eigenvalue weighted by molar-refractivity contribution is 5.88. The number of unbranched alkanes of at least 4 members (excludes halogenated alkanes) is 1. The Bertz CT molecular complexity index is 269. The molecule has 0 aliphatic rings. The van der Waals surface area contributed by atoms with E-state index in [1.165, 1.54) is 0 Å². The number of hydrogen-bond donors (Lipinski definition) is 4. The van der Waals surface area contributed by atoms with E-state index in [1.54, 1.807) is 0 Å². The highest BCUT2D eigenvalue weighted by Gasteiger charge is 2.22. The first-order valence-corrected chi connectivity index (χ1v) is 6.43. The van der Waals surface area contributed by atoms with Crippen LogP contribution in [-0.2, 0) is 9.59 Å². The average Bonchev–Trinajstić information content (AvgIpc) is 2.27. The Morgan fingerprint density at radius 2 is 1.83 bits per heavy atom. The van der Waals surface area contributed by atoms with Crippen LogP contribution in [0.4, 0.5) is 0 Å². The Morgan fingerprint density at radius 3 is 2.28 bits per heavy atom. The van der Waals surface area contributed by atoms with Crippen molar-refractivity contribution in [2.75, 3.05) is 6.54 Å². The van der Waals surface area contributed by atoms with Crippen molar-refractivity contribution in [1.29, 1.82) is 0 Å². The van der Waals surface area contributed by atoms with Crippen molar-refractivity contribution >= 4 is 11.8 Å². The molecule has 0 aliphatic heterocycles. The second-order valence-corrected chi connectivity index (χ2v) is 4.98. The molecule has 0 spiro atoms. The van der Waals surface area contributed by atoms with Gasteiger partial charge in [-0.05, 0) is 31.7 Å². The summed E-state index contributed by atoms with van der Waals surface area (Å²) >= 11 is 0. The van der Waals surface area contributed by atoms with E-state index in [0.29, 0.717) is 19.4 Å². The molecule has 106 valence electrons. The zero-order valence-electron chi connectivity index (χ0n) is 11.3. The Balaban J connectivity index is 4.19. The summed E-state index contributed by atoms with van der Waals surface area (Å²) in [7, 11) is 0. The van der Waals surface area contributed by atoms with E-state index < -0.39 is 18.0 Å². The zero-order valence-corrected chi connectivity index (χ0v) is 11.3. The number of amides is 2. The van der Waals surface area contributed by atoms with E-state index in [1.807, 2.05) is 13.8 Å². The summed E-state index contributed by atoms with van der Waals surface area (Å²) in [6.07, 6.45) is 2.73. The maximum atomic E-state index is 11.8. The Kier molecular flexibility index (Phi) is 8.32. The minimum absolute atomic E-state index is 0.274. The van der Waals surface area contributed by atoms with Gasteiger partial charge in [0.25, 0.3) is 0 Å². The summed E-state index contributed by atoms with van der Waals surface area (Å²) < 4.78 is 0. The Labute approximate surface area is 109 Å². The van der Waals surface area contributed by atoms with Crippen molar-refractivity contribution in [3.8, 4) is 0 Å². The van der Waals surface area contributed by atoms with Gasteiger partial charge in [0.2, 0.25) is 11.8 Å². The number of carbonyl (C=O) groups is 2. The summed E-state index contributed by atoms with van der Waals surface area (Å²) in [5.74, 6) is -0.570. The predicted octanol–water partition coefficient (Wildman–Crippen LogP) is -0.541. The molecular weight excluding hydrogens is 232 g/mol. The molecule has 2 atom stereocenters. The molecule has 0 saturated heterocycles. The van der Waals surface area contributed by atoms with E-state index >= 15 is 0 Å². The molecule has 0 rings (SSSR count). The van der Waals surface area contributed by atoms with Gasteiger partial charge in [-0.3, -0.25) is 9.59 Å².